The van der Waals surface area contributed by atoms with Crippen LogP contribution in [0.5, 0.6) is 0 Å². The molecule has 0 aromatic heterocycles. The zero-order valence-electron chi connectivity index (χ0n) is 14.6. The van der Waals surface area contributed by atoms with Crippen LogP contribution in [0, 0.1) is 0 Å². The molecule has 1 aromatic rings. The highest BCUT2D eigenvalue weighted by Crippen LogP contribution is 2.16. The maximum Gasteiger partial charge on any atom is 0.319 e. The minimum atomic E-state index is -0.182. The summed E-state index contributed by atoms with van der Waals surface area (Å²) in [5.41, 5.74) is 7.03. The van der Waals surface area contributed by atoms with E-state index in [4.69, 9.17) is 5.73 Å². The molecule has 4 nitrogen and oxygen atoms in total. The molecule has 4 heteroatoms. The normalized spacial score (nSPS) is 10.5. The number of hydrogen-bond donors (Lipinski definition) is 3. The van der Waals surface area contributed by atoms with Crippen molar-refractivity contribution in [3.8, 4) is 0 Å². The first kappa shape index (κ1) is 19.3. The molecule has 0 heterocycles. The van der Waals surface area contributed by atoms with Gasteiger partial charge in [-0.05, 0) is 18.6 Å². The molecule has 23 heavy (non-hydrogen) atoms. The van der Waals surface area contributed by atoms with Crippen LogP contribution in [0.4, 0.5) is 16.2 Å². The van der Waals surface area contributed by atoms with Gasteiger partial charge in [-0.15, -0.1) is 0 Å². The third-order valence-electron chi connectivity index (χ3n) is 4.02. The van der Waals surface area contributed by atoms with Crippen molar-refractivity contribution in [3.05, 3.63) is 24.3 Å². The first-order valence-electron chi connectivity index (χ1n) is 9.13. The molecule has 1 aromatic carbocycles. The predicted octanol–water partition coefficient (Wildman–Crippen LogP) is 5.31. The summed E-state index contributed by atoms with van der Waals surface area (Å²) in [4.78, 5) is 11.7. The van der Waals surface area contributed by atoms with E-state index in [1.54, 1.807) is 12.1 Å². The number of urea groups is 1. The molecular weight excluding hydrogens is 286 g/mol. The summed E-state index contributed by atoms with van der Waals surface area (Å²) in [6.07, 6.45) is 13.0. The second-order valence-electron chi connectivity index (χ2n) is 6.15. The first-order chi connectivity index (χ1) is 11.2. The van der Waals surface area contributed by atoms with E-state index in [0.717, 1.165) is 13.0 Å². The van der Waals surface area contributed by atoms with Crippen LogP contribution in [0.1, 0.15) is 71.1 Å². The number of nitrogen functional groups attached to an aromatic ring is 1. The van der Waals surface area contributed by atoms with Gasteiger partial charge in [-0.2, -0.15) is 0 Å². The highest BCUT2D eigenvalue weighted by Gasteiger charge is 2.03. The molecular formula is C19H33N3O. The Morgan fingerprint density at radius 2 is 1.48 bits per heavy atom. The summed E-state index contributed by atoms with van der Waals surface area (Å²) in [6, 6.07) is 7.10. The second-order valence-corrected chi connectivity index (χ2v) is 6.15. The van der Waals surface area contributed by atoms with Crippen molar-refractivity contribution in [1.82, 2.24) is 5.32 Å². The van der Waals surface area contributed by atoms with Gasteiger partial charge in [-0.3, -0.25) is 0 Å². The average Bonchev–Trinajstić information content (AvgIpc) is 2.55. The Balaban J connectivity index is 1.93. The van der Waals surface area contributed by atoms with Gasteiger partial charge < -0.3 is 16.4 Å². The Hall–Kier alpha value is -1.71. The predicted molar refractivity (Wildman–Crippen MR) is 99.7 cm³/mol. The minimum absolute atomic E-state index is 0.182. The molecule has 0 fully saturated rings. The van der Waals surface area contributed by atoms with Crippen molar-refractivity contribution in [2.24, 2.45) is 0 Å². The topological polar surface area (TPSA) is 67.2 Å². The van der Waals surface area contributed by atoms with Crippen LogP contribution in [0.2, 0.25) is 0 Å². The molecule has 0 saturated carbocycles. The summed E-state index contributed by atoms with van der Waals surface area (Å²) in [5.74, 6) is 0. The Kier molecular flexibility index (Phi) is 10.8. The van der Waals surface area contributed by atoms with E-state index in [1.807, 2.05) is 12.1 Å². The average molecular weight is 319 g/mol. The monoisotopic (exact) mass is 319 g/mol. The lowest BCUT2D eigenvalue weighted by Crippen LogP contribution is -2.29. The van der Waals surface area contributed by atoms with Crippen molar-refractivity contribution in [2.75, 3.05) is 17.6 Å². The maximum absolute atomic E-state index is 11.7. The van der Waals surface area contributed by atoms with Crippen molar-refractivity contribution >= 4 is 17.4 Å². The standard InChI is InChI=1S/C19H33N3O/c1-2-3-4-5-6-7-8-9-10-13-16-21-19(23)22-18-15-12-11-14-17(18)20/h11-12,14-15H,2-10,13,16,20H2,1H3,(H2,21,22,23). The molecule has 0 unspecified atom stereocenters. The Morgan fingerprint density at radius 1 is 0.913 bits per heavy atom. The fourth-order valence-corrected chi connectivity index (χ4v) is 2.59. The summed E-state index contributed by atoms with van der Waals surface area (Å²) < 4.78 is 0. The van der Waals surface area contributed by atoms with E-state index in [0.29, 0.717) is 11.4 Å². The molecule has 4 N–H and O–H groups in total. The quantitative estimate of drug-likeness (QED) is 0.361. The van der Waals surface area contributed by atoms with E-state index in [9.17, 15) is 4.79 Å². The fraction of sp³-hybridized carbons (Fsp3) is 0.632. The molecule has 2 amide bonds. The summed E-state index contributed by atoms with van der Waals surface area (Å²) in [6.45, 7) is 2.97. The molecule has 0 spiro atoms. The van der Waals surface area contributed by atoms with Crippen LogP contribution in [0.25, 0.3) is 0 Å². The van der Waals surface area contributed by atoms with Gasteiger partial charge in [0.25, 0.3) is 0 Å². The van der Waals surface area contributed by atoms with E-state index in [-0.39, 0.29) is 6.03 Å². The van der Waals surface area contributed by atoms with Gasteiger partial charge in [0.15, 0.2) is 0 Å². The molecule has 0 saturated heterocycles. The van der Waals surface area contributed by atoms with Gasteiger partial charge in [0, 0.05) is 6.54 Å². The highest BCUT2D eigenvalue weighted by molar-refractivity contribution is 5.92. The number of carbonyl (C=O) groups is 1. The summed E-state index contributed by atoms with van der Waals surface area (Å²) in [7, 11) is 0. The van der Waals surface area contributed by atoms with E-state index in [1.165, 1.54) is 57.8 Å². The molecule has 0 aliphatic carbocycles. The van der Waals surface area contributed by atoms with Crippen LogP contribution in [-0.2, 0) is 0 Å². The van der Waals surface area contributed by atoms with Gasteiger partial charge >= 0.3 is 6.03 Å². The Labute approximate surface area is 141 Å². The van der Waals surface area contributed by atoms with Crippen molar-refractivity contribution in [3.63, 3.8) is 0 Å². The number of carbonyl (C=O) groups excluding carboxylic acids is 1. The third kappa shape index (κ3) is 9.82. The summed E-state index contributed by atoms with van der Waals surface area (Å²) in [5, 5.41) is 5.65. The first-order valence-corrected chi connectivity index (χ1v) is 9.13. The van der Waals surface area contributed by atoms with Crippen LogP contribution in [0.15, 0.2) is 24.3 Å². The SMILES string of the molecule is CCCCCCCCCCCCNC(=O)Nc1ccccc1N. The largest absolute Gasteiger partial charge is 0.397 e. The van der Waals surface area contributed by atoms with Crippen molar-refractivity contribution in [2.45, 2.75) is 71.1 Å². The smallest absolute Gasteiger partial charge is 0.319 e. The Bertz CT molecular complexity index is 434. The van der Waals surface area contributed by atoms with Crippen LogP contribution in [-0.4, -0.2) is 12.6 Å². The van der Waals surface area contributed by atoms with Crippen LogP contribution < -0.4 is 16.4 Å². The number of para-hydroxylation sites is 2. The molecule has 130 valence electrons. The number of amides is 2. The van der Waals surface area contributed by atoms with Crippen LogP contribution >= 0.6 is 0 Å². The fourth-order valence-electron chi connectivity index (χ4n) is 2.59. The number of benzene rings is 1. The van der Waals surface area contributed by atoms with E-state index in [2.05, 4.69) is 17.6 Å². The molecule has 0 aliphatic rings. The number of nitrogens with two attached hydrogens (primary N) is 1. The number of anilines is 2. The summed E-state index contributed by atoms with van der Waals surface area (Å²) >= 11 is 0. The zero-order valence-corrected chi connectivity index (χ0v) is 14.6. The van der Waals surface area contributed by atoms with Gasteiger partial charge in [0.2, 0.25) is 0 Å². The minimum Gasteiger partial charge on any atom is -0.397 e. The number of rotatable bonds is 12. The van der Waals surface area contributed by atoms with E-state index >= 15 is 0 Å². The molecule has 0 atom stereocenters. The van der Waals surface area contributed by atoms with Gasteiger partial charge in [0.05, 0.1) is 11.4 Å². The lowest BCUT2D eigenvalue weighted by molar-refractivity contribution is 0.252. The van der Waals surface area contributed by atoms with Gasteiger partial charge in [0.1, 0.15) is 0 Å². The highest BCUT2D eigenvalue weighted by atomic mass is 16.2. The molecule has 0 radical (unpaired) electrons. The van der Waals surface area contributed by atoms with Crippen molar-refractivity contribution in [1.29, 1.82) is 0 Å². The van der Waals surface area contributed by atoms with Gasteiger partial charge in [-0.1, -0.05) is 76.8 Å². The molecule has 0 bridgehead atoms. The third-order valence-corrected chi connectivity index (χ3v) is 4.02. The number of nitrogens with one attached hydrogen (secondary N) is 2. The lowest BCUT2D eigenvalue weighted by Gasteiger charge is -2.09. The number of unbranched alkanes of at least 4 members (excludes halogenated alkanes) is 9. The maximum atomic E-state index is 11.7. The molecule has 0 aliphatic heterocycles. The van der Waals surface area contributed by atoms with Gasteiger partial charge in [-0.25, -0.2) is 4.79 Å². The zero-order chi connectivity index (χ0) is 16.8. The second kappa shape index (κ2) is 12.8. The molecule has 1 rings (SSSR count). The number of hydrogen-bond acceptors (Lipinski definition) is 2. The van der Waals surface area contributed by atoms with Crippen LogP contribution in [0.3, 0.4) is 0 Å². The van der Waals surface area contributed by atoms with E-state index < -0.39 is 0 Å². The lowest BCUT2D eigenvalue weighted by atomic mass is 10.1. The van der Waals surface area contributed by atoms with Crippen molar-refractivity contribution < 1.29 is 4.79 Å². The Morgan fingerprint density at radius 3 is 2.09 bits per heavy atom.